The number of methoxy groups -OCH3 is 4. The van der Waals surface area contributed by atoms with Crippen molar-refractivity contribution in [2.45, 2.75) is 50.7 Å². The zero-order valence-electron chi connectivity index (χ0n) is 26.5. The quantitative estimate of drug-likeness (QED) is 0.234. The fourth-order valence-corrected chi connectivity index (χ4v) is 6.14. The zero-order chi connectivity index (χ0) is 33.3. The topological polar surface area (TPSA) is 124 Å². The van der Waals surface area contributed by atoms with Crippen molar-refractivity contribution in [1.29, 1.82) is 0 Å². The van der Waals surface area contributed by atoms with E-state index in [1.807, 2.05) is 38.1 Å². The number of amides is 2. The summed E-state index contributed by atoms with van der Waals surface area (Å²) in [5.74, 6) is 0.0877. The third-order valence-electron chi connectivity index (χ3n) is 7.31. The predicted molar refractivity (Wildman–Crippen MR) is 176 cm³/mol. The van der Waals surface area contributed by atoms with Crippen LogP contribution in [-0.4, -0.2) is 72.2 Å². The fraction of sp³-hybridized carbons (Fsp3) is 0.375. The van der Waals surface area contributed by atoms with Gasteiger partial charge in [-0.3, -0.25) is 13.9 Å². The van der Waals surface area contributed by atoms with Gasteiger partial charge in [-0.1, -0.05) is 35.0 Å². The van der Waals surface area contributed by atoms with Crippen molar-refractivity contribution >= 4 is 43.5 Å². The first-order valence-electron chi connectivity index (χ1n) is 14.2. The van der Waals surface area contributed by atoms with Gasteiger partial charge in [0, 0.05) is 29.2 Å². The van der Waals surface area contributed by atoms with Gasteiger partial charge in [0.1, 0.15) is 24.1 Å². The lowest BCUT2D eigenvalue weighted by Crippen LogP contribution is -2.52. The molecule has 0 aromatic heterocycles. The van der Waals surface area contributed by atoms with Crippen LogP contribution in [0.15, 0.2) is 70.0 Å². The summed E-state index contributed by atoms with van der Waals surface area (Å²) in [4.78, 5) is 28.8. The smallest absolute Gasteiger partial charge is 0.265 e. The highest BCUT2D eigenvalue weighted by Crippen LogP contribution is 2.37. The molecule has 1 N–H and O–H groups in total. The molecule has 0 fully saturated rings. The molecule has 0 saturated carbocycles. The molecule has 0 bridgehead atoms. The van der Waals surface area contributed by atoms with Gasteiger partial charge in [-0.2, -0.15) is 0 Å². The molecule has 13 heteroatoms. The summed E-state index contributed by atoms with van der Waals surface area (Å²) in [6.45, 7) is 4.84. The number of nitrogens with zero attached hydrogens (tertiary/aromatic N) is 2. The summed E-state index contributed by atoms with van der Waals surface area (Å²) < 4.78 is 52.1. The van der Waals surface area contributed by atoms with Crippen molar-refractivity contribution in [1.82, 2.24) is 10.2 Å². The SMILES string of the molecule is CC[C@@H](C)NC(=O)[C@@H](C)N(Cc1ccc(Br)cc1)C(=O)CN(c1cc(OC)ccc1OC)S(=O)(=O)c1ccc(OC)c(OC)c1. The minimum Gasteiger partial charge on any atom is -0.497 e. The van der Waals surface area contributed by atoms with Gasteiger partial charge in [0.25, 0.3) is 10.0 Å². The van der Waals surface area contributed by atoms with E-state index in [9.17, 15) is 18.0 Å². The molecule has 0 unspecified atom stereocenters. The minimum atomic E-state index is -4.44. The third-order valence-corrected chi connectivity index (χ3v) is 9.60. The van der Waals surface area contributed by atoms with Gasteiger partial charge in [0.05, 0.1) is 39.0 Å². The number of sulfonamides is 1. The number of ether oxygens (including phenoxy) is 4. The van der Waals surface area contributed by atoms with Crippen LogP contribution in [0, 0.1) is 0 Å². The van der Waals surface area contributed by atoms with Gasteiger partial charge in [0.2, 0.25) is 11.8 Å². The van der Waals surface area contributed by atoms with Crippen LogP contribution in [-0.2, 0) is 26.2 Å². The highest BCUT2D eigenvalue weighted by molar-refractivity contribution is 9.10. The Balaban J connectivity index is 2.16. The third kappa shape index (κ3) is 8.60. The Morgan fingerprint density at radius 3 is 2.04 bits per heavy atom. The fourth-order valence-electron chi connectivity index (χ4n) is 4.44. The van der Waals surface area contributed by atoms with Gasteiger partial charge < -0.3 is 29.2 Å². The van der Waals surface area contributed by atoms with Crippen LogP contribution in [0.2, 0.25) is 0 Å². The molecule has 3 aromatic rings. The number of carbonyl (C=O) groups excluding carboxylic acids is 2. The molecule has 11 nitrogen and oxygen atoms in total. The molecule has 0 radical (unpaired) electrons. The van der Waals surface area contributed by atoms with E-state index < -0.39 is 28.5 Å². The van der Waals surface area contributed by atoms with E-state index in [2.05, 4.69) is 21.2 Å². The van der Waals surface area contributed by atoms with Crippen molar-refractivity contribution in [2.75, 3.05) is 39.3 Å². The van der Waals surface area contributed by atoms with Gasteiger partial charge in [-0.15, -0.1) is 0 Å². The lowest BCUT2D eigenvalue weighted by molar-refractivity contribution is -0.139. The molecule has 2 amide bonds. The molecule has 244 valence electrons. The number of benzene rings is 3. The van der Waals surface area contributed by atoms with Crippen LogP contribution in [0.25, 0.3) is 0 Å². The van der Waals surface area contributed by atoms with Gasteiger partial charge >= 0.3 is 0 Å². The van der Waals surface area contributed by atoms with Crippen LogP contribution < -0.4 is 28.6 Å². The summed E-state index contributed by atoms with van der Waals surface area (Å²) in [5, 5.41) is 2.92. The molecule has 45 heavy (non-hydrogen) atoms. The first-order valence-corrected chi connectivity index (χ1v) is 16.4. The van der Waals surface area contributed by atoms with Crippen LogP contribution >= 0.6 is 15.9 Å². The number of carbonyl (C=O) groups is 2. The lowest BCUT2D eigenvalue weighted by atomic mass is 10.1. The summed E-state index contributed by atoms with van der Waals surface area (Å²) in [6, 6.07) is 15.1. The van der Waals surface area contributed by atoms with Crippen molar-refractivity contribution in [3.63, 3.8) is 0 Å². The number of hydrogen-bond acceptors (Lipinski definition) is 8. The first kappa shape index (κ1) is 35.5. The maximum Gasteiger partial charge on any atom is 0.265 e. The Morgan fingerprint density at radius 2 is 1.47 bits per heavy atom. The van der Waals surface area contributed by atoms with E-state index in [0.717, 1.165) is 14.3 Å². The monoisotopic (exact) mass is 705 g/mol. The second-order valence-electron chi connectivity index (χ2n) is 10.2. The second-order valence-corrected chi connectivity index (χ2v) is 13.0. The molecule has 3 aromatic carbocycles. The Hall–Kier alpha value is -3.97. The number of anilines is 1. The number of hydrogen-bond donors (Lipinski definition) is 1. The molecule has 3 rings (SSSR count). The Labute approximate surface area is 273 Å². The maximum absolute atomic E-state index is 14.4. The van der Waals surface area contributed by atoms with Crippen molar-refractivity contribution in [3.05, 3.63) is 70.7 Å². The molecule has 0 saturated heterocycles. The van der Waals surface area contributed by atoms with Crippen LogP contribution in [0.5, 0.6) is 23.0 Å². The van der Waals surface area contributed by atoms with E-state index >= 15 is 0 Å². The van der Waals surface area contributed by atoms with E-state index in [0.29, 0.717) is 17.9 Å². The molecule has 0 aliphatic rings. The summed E-state index contributed by atoms with van der Waals surface area (Å²) in [6.07, 6.45) is 0.700. The average molecular weight is 707 g/mol. The first-order chi connectivity index (χ1) is 21.4. The van der Waals surface area contributed by atoms with Crippen LogP contribution in [0.1, 0.15) is 32.8 Å². The highest BCUT2D eigenvalue weighted by Gasteiger charge is 2.35. The molecular formula is C32H40BrN3O8S. The summed E-state index contributed by atoms with van der Waals surface area (Å²) in [7, 11) is 1.24. The maximum atomic E-state index is 14.4. The van der Waals surface area contributed by atoms with Gasteiger partial charge in [-0.25, -0.2) is 8.42 Å². The second kappa shape index (κ2) is 15.8. The molecule has 0 spiro atoms. The van der Waals surface area contributed by atoms with Crippen molar-refractivity contribution < 1.29 is 37.0 Å². The van der Waals surface area contributed by atoms with Crippen molar-refractivity contribution in [2.24, 2.45) is 0 Å². The Morgan fingerprint density at radius 1 is 0.844 bits per heavy atom. The van der Waals surface area contributed by atoms with Gasteiger partial charge in [0.15, 0.2) is 11.5 Å². The van der Waals surface area contributed by atoms with E-state index in [1.165, 1.54) is 57.6 Å². The average Bonchev–Trinajstić information content (AvgIpc) is 3.05. The molecule has 2 atom stereocenters. The van der Waals surface area contributed by atoms with Crippen molar-refractivity contribution in [3.8, 4) is 23.0 Å². The van der Waals surface area contributed by atoms with Crippen LogP contribution in [0.4, 0.5) is 5.69 Å². The Kier molecular flexibility index (Phi) is 12.5. The number of rotatable bonds is 15. The number of nitrogens with one attached hydrogen (secondary N) is 1. The minimum absolute atomic E-state index is 0.0562. The molecule has 0 aliphatic carbocycles. The summed E-state index contributed by atoms with van der Waals surface area (Å²) >= 11 is 3.42. The van der Waals surface area contributed by atoms with E-state index in [1.54, 1.807) is 19.1 Å². The number of halogens is 1. The zero-order valence-corrected chi connectivity index (χ0v) is 28.9. The normalized spacial score (nSPS) is 12.4. The van der Waals surface area contributed by atoms with Gasteiger partial charge in [-0.05, 0) is 62.2 Å². The molecular weight excluding hydrogens is 666 g/mol. The molecule has 0 aliphatic heterocycles. The highest BCUT2D eigenvalue weighted by atomic mass is 79.9. The standard InChI is InChI=1S/C32H40BrN3O8S/c1-8-21(2)34-32(38)22(3)35(19-23-9-11-24(33)12-10-23)31(37)20-36(27-17-25(41-4)13-15-28(27)42-5)45(39,40)26-14-16-29(43-6)30(18-26)44-7/h9-18,21-22H,8,19-20H2,1-7H3,(H,34,38)/t21-,22-/m1/s1. The lowest BCUT2D eigenvalue weighted by Gasteiger charge is -2.33. The van der Waals surface area contributed by atoms with E-state index in [-0.39, 0.29) is 40.6 Å². The Bertz CT molecular complexity index is 1580. The summed E-state index contributed by atoms with van der Waals surface area (Å²) in [5.41, 5.74) is 0.822. The molecule has 0 heterocycles. The van der Waals surface area contributed by atoms with Crippen LogP contribution in [0.3, 0.4) is 0 Å². The van der Waals surface area contributed by atoms with E-state index in [4.69, 9.17) is 18.9 Å². The predicted octanol–water partition coefficient (Wildman–Crippen LogP) is 5.01. The largest absolute Gasteiger partial charge is 0.497 e.